The quantitative estimate of drug-likeness (QED) is 0.778. The van der Waals surface area contributed by atoms with E-state index < -0.39 is 23.9 Å². The molecule has 1 amide bonds. The smallest absolute Gasteiger partial charge is 0.326 e. The first-order valence-corrected chi connectivity index (χ1v) is 6.66. The molecular formula is C13H13Cl2NO5. The summed E-state index contributed by atoms with van der Waals surface area (Å²) >= 11 is 11.6. The molecule has 2 N–H and O–H groups in total. The lowest BCUT2D eigenvalue weighted by Gasteiger charge is -2.14. The van der Waals surface area contributed by atoms with Crippen LogP contribution in [0.1, 0.15) is 23.2 Å². The highest BCUT2D eigenvalue weighted by Gasteiger charge is 2.22. The van der Waals surface area contributed by atoms with Gasteiger partial charge >= 0.3 is 11.9 Å². The van der Waals surface area contributed by atoms with E-state index in [1.165, 1.54) is 25.3 Å². The van der Waals surface area contributed by atoms with E-state index in [0.29, 0.717) is 5.02 Å². The Balaban J connectivity index is 2.76. The summed E-state index contributed by atoms with van der Waals surface area (Å²) in [7, 11) is 1.20. The number of hydrogen-bond acceptors (Lipinski definition) is 4. The Labute approximate surface area is 131 Å². The molecule has 0 radical (unpaired) electrons. The van der Waals surface area contributed by atoms with Gasteiger partial charge in [-0.15, -0.1) is 0 Å². The van der Waals surface area contributed by atoms with E-state index in [-0.39, 0.29) is 23.4 Å². The molecule has 0 fully saturated rings. The van der Waals surface area contributed by atoms with Gasteiger partial charge in [0.25, 0.3) is 5.91 Å². The number of rotatable bonds is 6. The van der Waals surface area contributed by atoms with Crippen LogP contribution in [0.25, 0.3) is 0 Å². The van der Waals surface area contributed by atoms with E-state index in [4.69, 9.17) is 28.3 Å². The molecule has 1 aromatic carbocycles. The average molecular weight is 334 g/mol. The topological polar surface area (TPSA) is 92.7 Å². The van der Waals surface area contributed by atoms with Gasteiger partial charge in [-0.05, 0) is 24.6 Å². The van der Waals surface area contributed by atoms with Crippen molar-refractivity contribution < 1.29 is 24.2 Å². The third kappa shape index (κ3) is 5.24. The molecule has 0 aliphatic rings. The second-order valence-corrected chi connectivity index (χ2v) is 4.95. The first-order chi connectivity index (χ1) is 9.85. The van der Waals surface area contributed by atoms with Crippen molar-refractivity contribution in [2.24, 2.45) is 0 Å². The van der Waals surface area contributed by atoms with E-state index in [2.05, 4.69) is 10.1 Å². The minimum Gasteiger partial charge on any atom is -0.480 e. The van der Waals surface area contributed by atoms with E-state index >= 15 is 0 Å². The number of methoxy groups -OCH3 is 1. The maximum atomic E-state index is 12.0. The predicted octanol–water partition coefficient (Wildman–Crippen LogP) is 2.13. The Morgan fingerprint density at radius 2 is 2.00 bits per heavy atom. The van der Waals surface area contributed by atoms with Crippen molar-refractivity contribution in [3.8, 4) is 0 Å². The van der Waals surface area contributed by atoms with Crippen LogP contribution >= 0.6 is 23.2 Å². The molecule has 6 nitrogen and oxygen atoms in total. The molecule has 114 valence electrons. The molecule has 0 heterocycles. The summed E-state index contributed by atoms with van der Waals surface area (Å²) in [4.78, 5) is 34.1. The second kappa shape index (κ2) is 7.85. The zero-order valence-electron chi connectivity index (χ0n) is 11.1. The molecule has 8 heteroatoms. The molecule has 0 spiro atoms. The molecule has 1 unspecified atom stereocenters. The van der Waals surface area contributed by atoms with Gasteiger partial charge in [0.15, 0.2) is 0 Å². The highest BCUT2D eigenvalue weighted by molar-refractivity contribution is 6.36. The van der Waals surface area contributed by atoms with Crippen LogP contribution in [0.2, 0.25) is 10.0 Å². The number of nitrogens with one attached hydrogen (secondary N) is 1. The van der Waals surface area contributed by atoms with Crippen LogP contribution in [0.15, 0.2) is 18.2 Å². The number of amides is 1. The number of carbonyl (C=O) groups is 3. The van der Waals surface area contributed by atoms with E-state index in [1.807, 2.05) is 0 Å². The maximum Gasteiger partial charge on any atom is 0.326 e. The first-order valence-electron chi connectivity index (χ1n) is 5.90. The van der Waals surface area contributed by atoms with Crippen LogP contribution in [-0.2, 0) is 14.3 Å². The summed E-state index contributed by atoms with van der Waals surface area (Å²) in [6.45, 7) is 0. The number of halogens is 2. The second-order valence-electron chi connectivity index (χ2n) is 4.10. The zero-order chi connectivity index (χ0) is 16.0. The average Bonchev–Trinajstić information content (AvgIpc) is 2.42. The number of carbonyl (C=O) groups excluding carboxylic acids is 2. The van der Waals surface area contributed by atoms with Crippen molar-refractivity contribution in [1.29, 1.82) is 0 Å². The largest absolute Gasteiger partial charge is 0.480 e. The highest BCUT2D eigenvalue weighted by atomic mass is 35.5. The molecule has 0 aliphatic heterocycles. The maximum absolute atomic E-state index is 12.0. The van der Waals surface area contributed by atoms with Gasteiger partial charge in [0.05, 0.1) is 17.7 Å². The van der Waals surface area contributed by atoms with Crippen LogP contribution in [0.4, 0.5) is 0 Å². The van der Waals surface area contributed by atoms with Crippen LogP contribution in [-0.4, -0.2) is 36.1 Å². The standard InChI is InChI=1S/C13H13Cl2NO5/c1-21-11(17)5-4-10(13(19)20)16-12(18)8-3-2-7(14)6-9(8)15/h2-3,6,10H,4-5H2,1H3,(H,16,18)(H,19,20). The molecule has 1 aromatic rings. The third-order valence-electron chi connectivity index (χ3n) is 2.64. The van der Waals surface area contributed by atoms with Crippen LogP contribution < -0.4 is 5.32 Å². The Hall–Kier alpha value is -1.79. The lowest BCUT2D eigenvalue weighted by atomic mass is 10.1. The van der Waals surface area contributed by atoms with Gasteiger partial charge < -0.3 is 15.2 Å². The van der Waals surface area contributed by atoms with Crippen LogP contribution in [0.3, 0.4) is 0 Å². The number of esters is 1. The van der Waals surface area contributed by atoms with Gasteiger partial charge in [0, 0.05) is 11.4 Å². The normalized spacial score (nSPS) is 11.6. The fourth-order valence-electron chi connectivity index (χ4n) is 1.53. The van der Waals surface area contributed by atoms with Crippen molar-refractivity contribution in [2.75, 3.05) is 7.11 Å². The number of benzene rings is 1. The minimum absolute atomic E-state index is 0.0844. The van der Waals surface area contributed by atoms with E-state index in [1.54, 1.807) is 0 Å². The van der Waals surface area contributed by atoms with Crippen molar-refractivity contribution in [3.63, 3.8) is 0 Å². The minimum atomic E-state index is -1.25. The first kappa shape index (κ1) is 17.3. The number of carboxylic acid groups (broad SMARTS) is 1. The van der Waals surface area contributed by atoms with Gasteiger partial charge in [0.1, 0.15) is 6.04 Å². The molecule has 21 heavy (non-hydrogen) atoms. The van der Waals surface area contributed by atoms with E-state index in [0.717, 1.165) is 0 Å². The molecule has 0 bridgehead atoms. The molecule has 0 saturated heterocycles. The van der Waals surface area contributed by atoms with Crippen molar-refractivity contribution in [2.45, 2.75) is 18.9 Å². The SMILES string of the molecule is COC(=O)CCC(NC(=O)c1ccc(Cl)cc1Cl)C(=O)O. The Morgan fingerprint density at radius 1 is 1.33 bits per heavy atom. The van der Waals surface area contributed by atoms with E-state index in [9.17, 15) is 14.4 Å². The van der Waals surface area contributed by atoms with Crippen molar-refractivity contribution in [3.05, 3.63) is 33.8 Å². The number of carboxylic acids is 1. The predicted molar refractivity (Wildman–Crippen MR) is 76.6 cm³/mol. The molecule has 0 aliphatic carbocycles. The number of ether oxygens (including phenoxy) is 1. The Bertz CT molecular complexity index is 561. The number of aliphatic carboxylic acids is 1. The highest BCUT2D eigenvalue weighted by Crippen LogP contribution is 2.21. The molecule has 0 saturated carbocycles. The zero-order valence-corrected chi connectivity index (χ0v) is 12.6. The van der Waals surface area contributed by atoms with Gasteiger partial charge in [-0.25, -0.2) is 4.79 Å². The van der Waals surface area contributed by atoms with Gasteiger partial charge in [-0.1, -0.05) is 23.2 Å². The Kier molecular flexibility index (Phi) is 6.45. The van der Waals surface area contributed by atoms with Gasteiger partial charge in [-0.3, -0.25) is 9.59 Å². The monoisotopic (exact) mass is 333 g/mol. The summed E-state index contributed by atoms with van der Waals surface area (Å²) in [5.74, 6) is -2.47. The lowest BCUT2D eigenvalue weighted by Crippen LogP contribution is -2.41. The van der Waals surface area contributed by atoms with Crippen LogP contribution in [0, 0.1) is 0 Å². The van der Waals surface area contributed by atoms with Crippen molar-refractivity contribution >= 4 is 41.0 Å². The summed E-state index contributed by atoms with van der Waals surface area (Å²) < 4.78 is 4.42. The summed E-state index contributed by atoms with van der Waals surface area (Å²) in [5, 5.41) is 11.8. The van der Waals surface area contributed by atoms with Gasteiger partial charge in [-0.2, -0.15) is 0 Å². The molecular weight excluding hydrogens is 321 g/mol. The Morgan fingerprint density at radius 3 is 2.52 bits per heavy atom. The summed E-state index contributed by atoms with van der Waals surface area (Å²) in [5.41, 5.74) is 0.102. The molecule has 0 aromatic heterocycles. The third-order valence-corrected chi connectivity index (χ3v) is 3.19. The fourth-order valence-corrected chi connectivity index (χ4v) is 2.03. The lowest BCUT2D eigenvalue weighted by molar-refractivity contribution is -0.142. The summed E-state index contributed by atoms with van der Waals surface area (Å²) in [6, 6.07) is 3.01. The van der Waals surface area contributed by atoms with Crippen LogP contribution in [0.5, 0.6) is 0 Å². The fraction of sp³-hybridized carbons (Fsp3) is 0.308. The van der Waals surface area contributed by atoms with Gasteiger partial charge in [0.2, 0.25) is 0 Å². The molecule has 1 rings (SSSR count). The number of hydrogen-bond donors (Lipinski definition) is 2. The van der Waals surface area contributed by atoms with Crippen molar-refractivity contribution in [1.82, 2.24) is 5.32 Å². The molecule has 1 atom stereocenters. The summed E-state index contributed by atoms with van der Waals surface area (Å²) in [6.07, 6.45) is -0.207.